The van der Waals surface area contributed by atoms with E-state index >= 15 is 0 Å². The van der Waals surface area contributed by atoms with Crippen molar-refractivity contribution in [1.82, 2.24) is 25.8 Å². The van der Waals surface area contributed by atoms with Gasteiger partial charge in [-0.2, -0.15) is 0 Å². The Morgan fingerprint density at radius 3 is 2.29 bits per heavy atom. The fraction of sp³-hybridized carbons (Fsp3) is 0.719. The van der Waals surface area contributed by atoms with E-state index in [1.807, 2.05) is 20.8 Å². The van der Waals surface area contributed by atoms with Crippen LogP contribution in [0.3, 0.4) is 0 Å². The van der Waals surface area contributed by atoms with Crippen LogP contribution in [0.2, 0.25) is 5.02 Å². The quantitative estimate of drug-likeness (QED) is 0.284. The Morgan fingerprint density at radius 2 is 1.76 bits per heavy atom. The number of likely N-dealkylation sites (tertiary alicyclic amines) is 1. The van der Waals surface area contributed by atoms with E-state index in [1.54, 1.807) is 32.9 Å². The molecule has 13 heteroatoms. The van der Waals surface area contributed by atoms with E-state index in [9.17, 15) is 24.3 Å². The number of nitrogens with zero attached hydrogens (tertiary/aromatic N) is 2. The Morgan fingerprint density at radius 1 is 1.07 bits per heavy atom. The summed E-state index contributed by atoms with van der Waals surface area (Å²) in [7, 11) is 0. The highest BCUT2D eigenvalue weighted by atomic mass is 35.5. The number of hydrogen-bond acceptors (Lipinski definition) is 8. The number of amides is 4. The van der Waals surface area contributed by atoms with Gasteiger partial charge in [0.05, 0.1) is 17.6 Å². The van der Waals surface area contributed by atoms with Crippen LogP contribution in [-0.2, 0) is 19.1 Å². The molecule has 0 aromatic carbocycles. The van der Waals surface area contributed by atoms with Gasteiger partial charge in [0.2, 0.25) is 17.7 Å². The standard InChI is InChI=1S/C32H48ClN5O7/c1-31(2,3)26(37-30(43)45-32(4,5)6)29(42)38-17-21(44-24-13-10-19(33)16-34-24)15-23(38)27(40)36-22(14-18-8-7-9-18)25(39)28(41)35-20-11-12-20/h10,13,16,18,20-23,25-26,39H,7-9,11-12,14-15,17H2,1-6H3,(H,35,41)(H,36,40)(H,37,43)/t21?,22-,23-,25?,26+/m0/s1. The van der Waals surface area contributed by atoms with E-state index in [2.05, 4.69) is 20.9 Å². The lowest BCUT2D eigenvalue weighted by Crippen LogP contribution is -2.60. The summed E-state index contributed by atoms with van der Waals surface area (Å²) < 4.78 is 11.5. The first-order valence-electron chi connectivity index (χ1n) is 15.9. The third kappa shape index (κ3) is 9.93. The molecule has 3 fully saturated rings. The number of aliphatic hydroxyl groups is 1. The van der Waals surface area contributed by atoms with Crippen molar-refractivity contribution < 1.29 is 33.8 Å². The number of nitrogens with one attached hydrogen (secondary N) is 3. The van der Waals surface area contributed by atoms with Crippen LogP contribution >= 0.6 is 11.6 Å². The van der Waals surface area contributed by atoms with Crippen molar-refractivity contribution in [3.8, 4) is 5.88 Å². The molecule has 0 spiro atoms. The summed E-state index contributed by atoms with van der Waals surface area (Å²) in [5.74, 6) is -0.925. The van der Waals surface area contributed by atoms with E-state index < -0.39 is 65.2 Å². The SMILES string of the molecule is CC(C)(C)OC(=O)N[C@H](C(=O)N1CC(Oc2ccc(Cl)cn2)C[C@H]1C(=O)N[C@@H](CC1CCC1)C(O)C(=O)NC1CC1)C(C)(C)C. The molecule has 45 heavy (non-hydrogen) atoms. The zero-order chi connectivity index (χ0) is 33.1. The molecule has 4 N–H and O–H groups in total. The summed E-state index contributed by atoms with van der Waals surface area (Å²) in [6.45, 7) is 10.7. The second kappa shape index (κ2) is 14.1. The van der Waals surface area contributed by atoms with E-state index in [0.29, 0.717) is 11.4 Å². The van der Waals surface area contributed by atoms with E-state index in [1.165, 1.54) is 11.1 Å². The fourth-order valence-electron chi connectivity index (χ4n) is 5.55. The fourth-order valence-corrected chi connectivity index (χ4v) is 5.66. The molecule has 5 atom stereocenters. The summed E-state index contributed by atoms with van der Waals surface area (Å²) >= 11 is 5.98. The van der Waals surface area contributed by atoms with Crippen LogP contribution in [0.15, 0.2) is 18.3 Å². The maximum Gasteiger partial charge on any atom is 0.408 e. The second-order valence-electron chi connectivity index (χ2n) is 14.6. The number of carbonyl (C=O) groups is 4. The van der Waals surface area contributed by atoms with Gasteiger partial charge in [0.1, 0.15) is 23.8 Å². The molecule has 4 amide bonds. The summed E-state index contributed by atoms with van der Waals surface area (Å²) in [6, 6.07) is 0.438. The highest BCUT2D eigenvalue weighted by molar-refractivity contribution is 6.30. The van der Waals surface area contributed by atoms with E-state index in [4.69, 9.17) is 21.1 Å². The largest absolute Gasteiger partial charge is 0.472 e. The first-order chi connectivity index (χ1) is 21.0. The number of aliphatic hydroxyl groups excluding tert-OH is 1. The zero-order valence-electron chi connectivity index (χ0n) is 27.1. The molecular formula is C32H48ClN5O7. The van der Waals surface area contributed by atoms with Gasteiger partial charge < -0.3 is 35.4 Å². The van der Waals surface area contributed by atoms with Crippen LogP contribution < -0.4 is 20.7 Å². The van der Waals surface area contributed by atoms with Crippen molar-refractivity contribution in [3.63, 3.8) is 0 Å². The van der Waals surface area contributed by atoms with Gasteiger partial charge >= 0.3 is 6.09 Å². The normalized spacial score (nSPS) is 22.4. The molecule has 250 valence electrons. The predicted octanol–water partition coefficient (Wildman–Crippen LogP) is 3.34. The average Bonchev–Trinajstić information content (AvgIpc) is 3.62. The van der Waals surface area contributed by atoms with Crippen molar-refractivity contribution in [2.75, 3.05) is 6.54 Å². The van der Waals surface area contributed by atoms with Crippen molar-refractivity contribution in [1.29, 1.82) is 0 Å². The van der Waals surface area contributed by atoms with Crippen LogP contribution in [-0.4, -0.2) is 87.3 Å². The Hall–Kier alpha value is -3.12. The van der Waals surface area contributed by atoms with Crippen molar-refractivity contribution >= 4 is 35.4 Å². The highest BCUT2D eigenvalue weighted by Gasteiger charge is 2.47. The number of ether oxygens (including phenoxy) is 2. The zero-order valence-corrected chi connectivity index (χ0v) is 27.9. The average molecular weight is 650 g/mol. The van der Waals surface area contributed by atoms with Crippen LogP contribution in [0.5, 0.6) is 5.88 Å². The summed E-state index contributed by atoms with van der Waals surface area (Å²) in [4.78, 5) is 59.4. The monoisotopic (exact) mass is 649 g/mol. The van der Waals surface area contributed by atoms with E-state index in [-0.39, 0.29) is 30.8 Å². The van der Waals surface area contributed by atoms with Gasteiger partial charge in [-0.25, -0.2) is 9.78 Å². The molecule has 12 nitrogen and oxygen atoms in total. The van der Waals surface area contributed by atoms with Gasteiger partial charge in [0.25, 0.3) is 5.91 Å². The van der Waals surface area contributed by atoms with Gasteiger partial charge in [-0.15, -0.1) is 0 Å². The van der Waals surface area contributed by atoms with Gasteiger partial charge in [0.15, 0.2) is 6.10 Å². The second-order valence-corrected chi connectivity index (χ2v) is 15.1. The molecule has 2 heterocycles. The van der Waals surface area contributed by atoms with Crippen LogP contribution in [0.4, 0.5) is 4.79 Å². The van der Waals surface area contributed by atoms with Gasteiger partial charge in [-0.1, -0.05) is 51.6 Å². The molecule has 2 unspecified atom stereocenters. The third-order valence-electron chi connectivity index (χ3n) is 8.32. The number of aromatic nitrogens is 1. The van der Waals surface area contributed by atoms with Crippen LogP contribution in [0, 0.1) is 11.3 Å². The van der Waals surface area contributed by atoms with Crippen LogP contribution in [0.25, 0.3) is 0 Å². The molecular weight excluding hydrogens is 602 g/mol. The van der Waals surface area contributed by atoms with Crippen LogP contribution in [0.1, 0.15) is 86.5 Å². The lowest BCUT2D eigenvalue weighted by Gasteiger charge is -2.36. The van der Waals surface area contributed by atoms with E-state index in [0.717, 1.165) is 32.1 Å². The molecule has 4 rings (SSSR count). The number of carbonyl (C=O) groups excluding carboxylic acids is 4. The minimum Gasteiger partial charge on any atom is -0.472 e. The Kier molecular flexibility index (Phi) is 10.9. The Labute approximate surface area is 270 Å². The van der Waals surface area contributed by atoms with Gasteiger partial charge in [-0.3, -0.25) is 14.4 Å². The molecule has 0 bridgehead atoms. The molecule has 1 saturated heterocycles. The molecule has 1 aliphatic heterocycles. The topological polar surface area (TPSA) is 159 Å². The summed E-state index contributed by atoms with van der Waals surface area (Å²) in [5, 5.41) is 19.9. The maximum atomic E-state index is 14.2. The number of rotatable bonds is 11. The Balaban J connectivity index is 1.57. The molecule has 1 aromatic rings. The highest BCUT2D eigenvalue weighted by Crippen LogP contribution is 2.32. The first kappa shape index (κ1) is 34.7. The molecule has 2 aliphatic carbocycles. The minimum atomic E-state index is -1.43. The number of alkyl carbamates (subject to hydrolysis) is 1. The first-order valence-corrected chi connectivity index (χ1v) is 16.2. The number of halogens is 1. The predicted molar refractivity (Wildman–Crippen MR) is 167 cm³/mol. The number of hydrogen-bond donors (Lipinski definition) is 4. The number of pyridine rings is 1. The third-order valence-corrected chi connectivity index (χ3v) is 8.55. The Bertz CT molecular complexity index is 1220. The summed E-state index contributed by atoms with van der Waals surface area (Å²) in [5.41, 5.74) is -1.52. The molecule has 2 saturated carbocycles. The molecule has 1 aromatic heterocycles. The van der Waals surface area contributed by atoms with Crippen molar-refractivity contribution in [2.45, 2.75) is 128 Å². The molecule has 3 aliphatic rings. The van der Waals surface area contributed by atoms with Gasteiger partial charge in [-0.05, 0) is 57.4 Å². The summed E-state index contributed by atoms with van der Waals surface area (Å²) in [6.07, 6.45) is 3.97. The minimum absolute atomic E-state index is 0.0435. The smallest absolute Gasteiger partial charge is 0.408 e. The lowest BCUT2D eigenvalue weighted by atomic mass is 9.79. The molecule has 0 radical (unpaired) electrons. The van der Waals surface area contributed by atoms with Gasteiger partial charge in [0, 0.05) is 24.7 Å². The lowest BCUT2D eigenvalue weighted by molar-refractivity contribution is -0.143. The van der Waals surface area contributed by atoms with Crippen molar-refractivity contribution in [3.05, 3.63) is 23.4 Å². The maximum absolute atomic E-state index is 14.2. The van der Waals surface area contributed by atoms with Crippen molar-refractivity contribution in [2.24, 2.45) is 11.3 Å².